The van der Waals surface area contributed by atoms with Gasteiger partial charge < -0.3 is 14.4 Å². The molecule has 0 unspecified atom stereocenters. The molecule has 0 aliphatic rings. The van der Waals surface area contributed by atoms with Gasteiger partial charge in [-0.15, -0.1) is 4.91 Å². The zero-order chi connectivity index (χ0) is 23.4. The monoisotopic (exact) mass is 480 g/mol. The van der Waals surface area contributed by atoms with Crippen LogP contribution in [0, 0.1) is 4.91 Å². The fraction of sp³-hybridized carbons (Fsp3) is 0.160. The number of aromatic nitrogens is 1. The lowest BCUT2D eigenvalue weighted by atomic mass is 10.0. The highest BCUT2D eigenvalue weighted by Gasteiger charge is 2.19. The molecule has 0 fully saturated rings. The van der Waals surface area contributed by atoms with Gasteiger partial charge in [0.15, 0.2) is 5.69 Å². The maximum atomic E-state index is 12.2. The van der Waals surface area contributed by atoms with Crippen molar-refractivity contribution in [3.63, 3.8) is 0 Å². The molecule has 0 bridgehead atoms. The van der Waals surface area contributed by atoms with Crippen LogP contribution in [0.25, 0.3) is 22.0 Å². The van der Waals surface area contributed by atoms with Crippen molar-refractivity contribution < 1.29 is 14.6 Å². The number of benzene rings is 3. The van der Waals surface area contributed by atoms with Crippen LogP contribution in [0.5, 0.6) is 5.88 Å². The van der Waals surface area contributed by atoms with Gasteiger partial charge in [-0.1, -0.05) is 37.3 Å². The summed E-state index contributed by atoms with van der Waals surface area (Å²) in [6.45, 7) is 2.54. The molecule has 8 heteroatoms. The minimum atomic E-state index is -0.392. The van der Waals surface area contributed by atoms with Crippen molar-refractivity contribution in [2.75, 3.05) is 6.61 Å². The summed E-state index contributed by atoms with van der Waals surface area (Å²) < 4.78 is 6.84. The molecule has 168 valence electrons. The maximum Gasteiger partial charge on any atom is 0.338 e. The molecule has 6 nitrogen and oxygen atoms in total. The normalized spacial score (nSPS) is 11.0. The number of hydrogen-bond acceptors (Lipinski definition) is 6. The Labute approximate surface area is 199 Å². The highest BCUT2D eigenvalue weighted by molar-refractivity contribution is 8.21. The first kappa shape index (κ1) is 22.9. The lowest BCUT2D eigenvalue weighted by Crippen LogP contribution is -2.07. The lowest BCUT2D eigenvalue weighted by molar-refractivity contribution is 0.0505. The van der Waals surface area contributed by atoms with Crippen LogP contribution in [0.4, 0.5) is 5.69 Å². The largest absolute Gasteiger partial charge is 0.493 e. The summed E-state index contributed by atoms with van der Waals surface area (Å²) in [5, 5.41) is 14.4. The molecular weight excluding hydrogens is 460 g/mol. The molecule has 1 heterocycles. The summed E-state index contributed by atoms with van der Waals surface area (Å²) in [5.41, 5.74) is 3.75. The second-order valence-corrected chi connectivity index (χ2v) is 8.61. The van der Waals surface area contributed by atoms with Crippen molar-refractivity contribution in [2.45, 2.75) is 24.8 Å². The minimum absolute atomic E-state index is 0.0102. The second kappa shape index (κ2) is 10.1. The third-order valence-corrected chi connectivity index (χ3v) is 6.30. The van der Waals surface area contributed by atoms with Crippen molar-refractivity contribution >= 4 is 44.2 Å². The molecule has 0 saturated heterocycles. The first-order chi connectivity index (χ1) is 16.0. The molecule has 0 saturated carbocycles. The standard InChI is InChI=1S/C25H21ClN2O4S/c1-2-12-32-25(30)19-5-3-4-16(13-19)15-28-22-14-18(17-6-9-20(33-26)10-7-17)8-11-21(22)23(27-31)24(28)29/h3-11,13-14,29H,2,12,15H2,1H3. The Bertz CT molecular complexity index is 1320. The van der Waals surface area contributed by atoms with E-state index in [-0.39, 0.29) is 18.1 Å². The quantitative estimate of drug-likeness (QED) is 0.212. The van der Waals surface area contributed by atoms with Gasteiger partial charge in [-0.25, -0.2) is 4.79 Å². The smallest absolute Gasteiger partial charge is 0.338 e. The summed E-state index contributed by atoms with van der Waals surface area (Å²) in [6, 6.07) is 20.4. The summed E-state index contributed by atoms with van der Waals surface area (Å²) in [7, 11) is 6.96. The number of aromatic hydroxyl groups is 1. The first-order valence-electron chi connectivity index (χ1n) is 10.4. The number of rotatable bonds is 8. The van der Waals surface area contributed by atoms with Gasteiger partial charge in [0.05, 0.1) is 24.2 Å². The van der Waals surface area contributed by atoms with E-state index in [0.29, 0.717) is 23.1 Å². The number of nitroso groups, excluding NO2 is 1. The number of carbonyl (C=O) groups excluding carboxylic acids is 1. The Morgan fingerprint density at radius 3 is 2.55 bits per heavy atom. The maximum absolute atomic E-state index is 12.2. The van der Waals surface area contributed by atoms with E-state index in [1.807, 2.05) is 49.4 Å². The summed E-state index contributed by atoms with van der Waals surface area (Å²) in [6.07, 6.45) is 0.742. The lowest BCUT2D eigenvalue weighted by Gasteiger charge is -2.10. The highest BCUT2D eigenvalue weighted by Crippen LogP contribution is 2.40. The molecule has 0 amide bonds. The van der Waals surface area contributed by atoms with Gasteiger partial charge in [0.2, 0.25) is 5.88 Å². The van der Waals surface area contributed by atoms with Crippen LogP contribution in [0.15, 0.2) is 76.8 Å². The van der Waals surface area contributed by atoms with Gasteiger partial charge >= 0.3 is 5.97 Å². The summed E-state index contributed by atoms with van der Waals surface area (Å²) in [5.74, 6) is -0.610. The summed E-state index contributed by atoms with van der Waals surface area (Å²) in [4.78, 5) is 24.7. The van der Waals surface area contributed by atoms with Gasteiger partial charge in [0, 0.05) is 10.3 Å². The van der Waals surface area contributed by atoms with Crippen LogP contribution in [-0.2, 0) is 11.3 Å². The fourth-order valence-corrected chi connectivity index (χ4v) is 4.25. The topological polar surface area (TPSA) is 80.9 Å². The SMILES string of the molecule is CCCOC(=O)c1cccc(Cn2c(O)c(N=O)c3ccc(-c4ccc(SCl)cc4)cc32)c1. The highest BCUT2D eigenvalue weighted by atomic mass is 35.7. The molecule has 0 atom stereocenters. The van der Waals surface area contributed by atoms with E-state index in [4.69, 9.17) is 15.4 Å². The van der Waals surface area contributed by atoms with Gasteiger partial charge in [-0.2, -0.15) is 0 Å². The molecule has 3 aromatic carbocycles. The number of fused-ring (bicyclic) bond motifs is 1. The van der Waals surface area contributed by atoms with Crippen LogP contribution < -0.4 is 0 Å². The first-order valence-corrected chi connectivity index (χ1v) is 12.0. The summed E-state index contributed by atoms with van der Waals surface area (Å²) >= 11 is 0. The van der Waals surface area contributed by atoms with Crippen molar-refractivity contribution in [1.29, 1.82) is 0 Å². The van der Waals surface area contributed by atoms with Gasteiger partial charge in [-0.05, 0) is 86.3 Å². The second-order valence-electron chi connectivity index (χ2n) is 7.52. The Hall–Kier alpha value is -3.29. The molecular formula is C25H21ClN2O4S. The van der Waals surface area contributed by atoms with E-state index in [1.54, 1.807) is 28.8 Å². The van der Waals surface area contributed by atoms with Gasteiger partial charge in [-0.3, -0.25) is 0 Å². The zero-order valence-electron chi connectivity index (χ0n) is 17.8. The third kappa shape index (κ3) is 4.74. The van der Waals surface area contributed by atoms with E-state index in [2.05, 4.69) is 5.18 Å². The van der Waals surface area contributed by atoms with Crippen molar-refractivity contribution in [3.8, 4) is 17.0 Å². The van der Waals surface area contributed by atoms with E-state index >= 15 is 0 Å². The van der Waals surface area contributed by atoms with Gasteiger partial charge in [0.1, 0.15) is 0 Å². The molecule has 4 rings (SSSR count). The average Bonchev–Trinajstić information content (AvgIpc) is 3.12. The van der Waals surface area contributed by atoms with E-state index in [1.165, 1.54) is 0 Å². The molecule has 1 aromatic heterocycles. The average molecular weight is 481 g/mol. The van der Waals surface area contributed by atoms with Crippen molar-refractivity contribution in [3.05, 3.63) is 82.8 Å². The predicted octanol–water partition coefficient (Wildman–Crippen LogP) is 7.27. The van der Waals surface area contributed by atoms with Crippen LogP contribution in [0.2, 0.25) is 0 Å². The van der Waals surface area contributed by atoms with Gasteiger partial charge in [0.25, 0.3) is 0 Å². The minimum Gasteiger partial charge on any atom is -0.493 e. The molecule has 0 aliphatic heterocycles. The number of nitrogens with zero attached hydrogens (tertiary/aromatic N) is 2. The van der Waals surface area contributed by atoms with E-state index in [9.17, 15) is 14.8 Å². The predicted molar refractivity (Wildman–Crippen MR) is 132 cm³/mol. The number of ether oxygens (including phenoxy) is 1. The molecule has 33 heavy (non-hydrogen) atoms. The Kier molecular flexibility index (Phi) is 7.01. The fourth-order valence-electron chi connectivity index (χ4n) is 3.70. The Morgan fingerprint density at radius 1 is 1.09 bits per heavy atom. The van der Waals surface area contributed by atoms with Crippen LogP contribution in [0.1, 0.15) is 29.3 Å². The molecule has 0 radical (unpaired) electrons. The molecule has 0 spiro atoms. The zero-order valence-corrected chi connectivity index (χ0v) is 19.4. The van der Waals surface area contributed by atoms with E-state index in [0.717, 1.165) is 39.0 Å². The number of hydrogen-bond donors (Lipinski definition) is 1. The van der Waals surface area contributed by atoms with Crippen molar-refractivity contribution in [2.24, 2.45) is 5.18 Å². The van der Waals surface area contributed by atoms with Crippen LogP contribution in [-0.4, -0.2) is 22.2 Å². The third-order valence-electron chi connectivity index (χ3n) is 5.32. The van der Waals surface area contributed by atoms with E-state index < -0.39 is 5.97 Å². The Balaban J connectivity index is 1.74. The number of carbonyl (C=O) groups is 1. The van der Waals surface area contributed by atoms with Crippen LogP contribution in [0.3, 0.4) is 0 Å². The molecule has 1 N–H and O–H groups in total. The number of halogens is 1. The van der Waals surface area contributed by atoms with Crippen LogP contribution >= 0.6 is 21.7 Å². The Morgan fingerprint density at radius 2 is 1.85 bits per heavy atom. The molecule has 0 aliphatic carbocycles. The number of esters is 1. The molecule has 4 aromatic rings. The van der Waals surface area contributed by atoms with Crippen molar-refractivity contribution in [1.82, 2.24) is 4.57 Å².